The van der Waals surface area contributed by atoms with Crippen molar-refractivity contribution in [2.24, 2.45) is 0 Å². The summed E-state index contributed by atoms with van der Waals surface area (Å²) >= 11 is 0. The fourth-order valence-electron chi connectivity index (χ4n) is 1.63. The zero-order valence-electron chi connectivity index (χ0n) is 8.49. The minimum Gasteiger partial charge on any atom is -0.493 e. The molecule has 0 atom stereocenters. The standard InChI is InChI=1S/C10H13NO3S/c1-15(12,13)11-7-9-4-2-3-8-5-6-14-10(8)9/h2-4,11H,5-7H2,1H3. The summed E-state index contributed by atoms with van der Waals surface area (Å²) in [4.78, 5) is 0. The lowest BCUT2D eigenvalue weighted by Gasteiger charge is -2.07. The van der Waals surface area contributed by atoms with Gasteiger partial charge < -0.3 is 4.74 Å². The van der Waals surface area contributed by atoms with Crippen LogP contribution in [0.2, 0.25) is 0 Å². The number of rotatable bonds is 3. The highest BCUT2D eigenvalue weighted by Gasteiger charge is 2.16. The van der Waals surface area contributed by atoms with Crippen molar-refractivity contribution >= 4 is 10.0 Å². The summed E-state index contributed by atoms with van der Waals surface area (Å²) < 4.78 is 29.8. The van der Waals surface area contributed by atoms with Gasteiger partial charge in [0, 0.05) is 18.5 Å². The van der Waals surface area contributed by atoms with Crippen LogP contribution in [0.3, 0.4) is 0 Å². The third kappa shape index (κ3) is 2.49. The van der Waals surface area contributed by atoms with E-state index in [0.717, 1.165) is 29.6 Å². The molecule has 82 valence electrons. The summed E-state index contributed by atoms with van der Waals surface area (Å²) in [5.41, 5.74) is 2.05. The zero-order chi connectivity index (χ0) is 10.9. The fraction of sp³-hybridized carbons (Fsp3) is 0.400. The lowest BCUT2D eigenvalue weighted by molar-refractivity contribution is 0.353. The molecular weight excluding hydrogens is 214 g/mol. The Bertz CT molecular complexity index is 468. The van der Waals surface area contributed by atoms with Gasteiger partial charge in [0.05, 0.1) is 12.9 Å². The fourth-order valence-corrected chi connectivity index (χ4v) is 2.05. The highest BCUT2D eigenvalue weighted by Crippen LogP contribution is 2.29. The molecule has 0 spiro atoms. The first-order chi connectivity index (χ1) is 7.06. The molecule has 2 rings (SSSR count). The summed E-state index contributed by atoms with van der Waals surface area (Å²) in [7, 11) is -3.15. The molecule has 0 saturated heterocycles. The lowest BCUT2D eigenvalue weighted by atomic mass is 10.1. The Morgan fingerprint density at radius 2 is 2.27 bits per heavy atom. The maximum Gasteiger partial charge on any atom is 0.209 e. The van der Waals surface area contributed by atoms with Gasteiger partial charge in [-0.2, -0.15) is 0 Å². The monoisotopic (exact) mass is 227 g/mol. The van der Waals surface area contributed by atoms with Crippen molar-refractivity contribution in [3.8, 4) is 5.75 Å². The largest absolute Gasteiger partial charge is 0.493 e. The quantitative estimate of drug-likeness (QED) is 0.825. The molecule has 0 saturated carbocycles. The van der Waals surface area contributed by atoms with Crippen LogP contribution in [0.4, 0.5) is 0 Å². The Morgan fingerprint density at radius 3 is 3.00 bits per heavy atom. The van der Waals surface area contributed by atoms with Gasteiger partial charge in [-0.3, -0.25) is 0 Å². The zero-order valence-corrected chi connectivity index (χ0v) is 9.30. The maximum atomic E-state index is 11.0. The van der Waals surface area contributed by atoms with Crippen molar-refractivity contribution < 1.29 is 13.2 Å². The first-order valence-corrected chi connectivity index (χ1v) is 6.63. The molecule has 4 nitrogen and oxygen atoms in total. The summed E-state index contributed by atoms with van der Waals surface area (Å²) in [5.74, 6) is 0.841. The molecule has 1 aliphatic rings. The van der Waals surface area contributed by atoms with Crippen LogP contribution in [0.1, 0.15) is 11.1 Å². The van der Waals surface area contributed by atoms with Crippen LogP contribution in [0.5, 0.6) is 5.75 Å². The van der Waals surface area contributed by atoms with Gasteiger partial charge in [-0.15, -0.1) is 0 Å². The molecule has 0 bridgehead atoms. The second-order valence-electron chi connectivity index (χ2n) is 3.60. The molecule has 5 heteroatoms. The van der Waals surface area contributed by atoms with E-state index in [4.69, 9.17) is 4.74 Å². The van der Waals surface area contributed by atoms with E-state index < -0.39 is 10.0 Å². The van der Waals surface area contributed by atoms with Gasteiger partial charge >= 0.3 is 0 Å². The third-order valence-electron chi connectivity index (χ3n) is 2.32. The average Bonchev–Trinajstić information content (AvgIpc) is 2.61. The van der Waals surface area contributed by atoms with E-state index in [9.17, 15) is 8.42 Å². The molecular formula is C10H13NO3S. The number of para-hydroxylation sites is 1. The van der Waals surface area contributed by atoms with Crippen molar-refractivity contribution in [1.82, 2.24) is 4.72 Å². The first-order valence-electron chi connectivity index (χ1n) is 4.74. The predicted octanol–water partition coefficient (Wildman–Crippen LogP) is 0.671. The van der Waals surface area contributed by atoms with Gasteiger partial charge in [-0.25, -0.2) is 13.1 Å². The molecule has 1 heterocycles. The molecule has 0 amide bonds. The predicted molar refractivity (Wildman–Crippen MR) is 57.3 cm³/mol. The Labute approximate surface area is 89.3 Å². The Balaban J connectivity index is 2.19. The molecule has 15 heavy (non-hydrogen) atoms. The Kier molecular flexibility index (Phi) is 2.67. The summed E-state index contributed by atoms with van der Waals surface area (Å²) in [6.45, 7) is 0.979. The van der Waals surface area contributed by atoms with E-state index in [1.54, 1.807) is 0 Å². The molecule has 1 aromatic rings. The maximum absolute atomic E-state index is 11.0. The second kappa shape index (κ2) is 3.83. The van der Waals surface area contributed by atoms with Gasteiger partial charge in [0.25, 0.3) is 0 Å². The van der Waals surface area contributed by atoms with Crippen LogP contribution >= 0.6 is 0 Å². The van der Waals surface area contributed by atoms with Crippen molar-refractivity contribution in [2.45, 2.75) is 13.0 Å². The normalized spacial score (nSPS) is 14.7. The van der Waals surface area contributed by atoms with E-state index in [2.05, 4.69) is 4.72 Å². The van der Waals surface area contributed by atoms with Crippen LogP contribution in [0.15, 0.2) is 18.2 Å². The van der Waals surface area contributed by atoms with Crippen LogP contribution < -0.4 is 9.46 Å². The van der Waals surface area contributed by atoms with Gasteiger partial charge in [0.1, 0.15) is 5.75 Å². The van der Waals surface area contributed by atoms with E-state index in [-0.39, 0.29) is 0 Å². The van der Waals surface area contributed by atoms with Gasteiger partial charge in [-0.1, -0.05) is 18.2 Å². The number of hydrogen-bond acceptors (Lipinski definition) is 3. The number of nitrogens with one attached hydrogen (secondary N) is 1. The Hall–Kier alpha value is -1.07. The van der Waals surface area contributed by atoms with Gasteiger partial charge in [-0.05, 0) is 5.56 Å². The lowest BCUT2D eigenvalue weighted by Crippen LogP contribution is -2.21. The van der Waals surface area contributed by atoms with Crippen molar-refractivity contribution in [1.29, 1.82) is 0 Å². The Morgan fingerprint density at radius 1 is 1.47 bits per heavy atom. The highest BCUT2D eigenvalue weighted by molar-refractivity contribution is 7.88. The summed E-state index contributed by atoms with van der Waals surface area (Å²) in [5, 5.41) is 0. The topological polar surface area (TPSA) is 55.4 Å². The number of fused-ring (bicyclic) bond motifs is 1. The molecule has 1 aromatic carbocycles. The minimum absolute atomic E-state index is 0.294. The summed E-state index contributed by atoms with van der Waals surface area (Å²) in [6.07, 6.45) is 2.05. The second-order valence-corrected chi connectivity index (χ2v) is 5.43. The van der Waals surface area contributed by atoms with E-state index >= 15 is 0 Å². The summed E-state index contributed by atoms with van der Waals surface area (Å²) in [6, 6.07) is 5.81. The number of hydrogen-bond donors (Lipinski definition) is 1. The third-order valence-corrected chi connectivity index (χ3v) is 2.99. The number of sulfonamides is 1. The number of ether oxygens (including phenoxy) is 1. The SMILES string of the molecule is CS(=O)(=O)NCc1cccc2c1OCC2. The molecule has 0 aliphatic carbocycles. The minimum atomic E-state index is -3.15. The number of benzene rings is 1. The van der Waals surface area contributed by atoms with Crippen molar-refractivity contribution in [2.75, 3.05) is 12.9 Å². The van der Waals surface area contributed by atoms with E-state index in [1.807, 2.05) is 18.2 Å². The first kappa shape index (κ1) is 10.4. The highest BCUT2D eigenvalue weighted by atomic mass is 32.2. The molecule has 1 N–H and O–H groups in total. The van der Waals surface area contributed by atoms with Crippen LogP contribution in [0.25, 0.3) is 0 Å². The van der Waals surface area contributed by atoms with Crippen LogP contribution in [-0.4, -0.2) is 21.3 Å². The van der Waals surface area contributed by atoms with Gasteiger partial charge in [0.15, 0.2) is 0 Å². The molecule has 0 unspecified atom stereocenters. The smallest absolute Gasteiger partial charge is 0.209 e. The van der Waals surface area contributed by atoms with Crippen molar-refractivity contribution in [3.05, 3.63) is 29.3 Å². The average molecular weight is 227 g/mol. The van der Waals surface area contributed by atoms with E-state index in [0.29, 0.717) is 13.2 Å². The van der Waals surface area contributed by atoms with Crippen LogP contribution in [-0.2, 0) is 23.0 Å². The van der Waals surface area contributed by atoms with Crippen molar-refractivity contribution in [3.63, 3.8) is 0 Å². The van der Waals surface area contributed by atoms with E-state index in [1.165, 1.54) is 0 Å². The molecule has 0 aromatic heterocycles. The molecule has 1 aliphatic heterocycles. The molecule has 0 fully saturated rings. The van der Waals surface area contributed by atoms with Crippen LogP contribution in [0, 0.1) is 0 Å². The molecule has 0 radical (unpaired) electrons. The van der Waals surface area contributed by atoms with Gasteiger partial charge in [0.2, 0.25) is 10.0 Å².